The van der Waals surface area contributed by atoms with Crippen molar-refractivity contribution in [1.82, 2.24) is 5.32 Å². The van der Waals surface area contributed by atoms with Crippen molar-refractivity contribution >= 4 is 0 Å². The molecule has 17 heavy (non-hydrogen) atoms. The number of hydrogen-bond donors (Lipinski definition) is 1. The summed E-state index contributed by atoms with van der Waals surface area (Å²) < 4.78 is 13.3. The van der Waals surface area contributed by atoms with Gasteiger partial charge in [0, 0.05) is 0 Å². The zero-order valence-corrected chi connectivity index (χ0v) is 11.4. The fourth-order valence-corrected chi connectivity index (χ4v) is 2.09. The Labute approximate surface area is 104 Å². The smallest absolute Gasteiger partial charge is 0.123 e. The summed E-state index contributed by atoms with van der Waals surface area (Å²) >= 11 is 0. The molecule has 1 nitrogen and oxygen atoms in total. The van der Waals surface area contributed by atoms with Crippen molar-refractivity contribution in [3.63, 3.8) is 0 Å². The minimum atomic E-state index is -0.133. The second kappa shape index (κ2) is 6.75. The number of halogens is 1. The van der Waals surface area contributed by atoms with E-state index in [0.717, 1.165) is 25.1 Å². The van der Waals surface area contributed by atoms with Crippen LogP contribution in [-0.4, -0.2) is 13.1 Å². The minimum Gasteiger partial charge on any atom is -0.316 e. The minimum absolute atomic E-state index is 0.133. The molecule has 0 heterocycles. The number of nitrogens with one attached hydrogen (secondary N) is 1. The lowest BCUT2D eigenvalue weighted by Gasteiger charge is -2.22. The molecule has 2 heteroatoms. The van der Waals surface area contributed by atoms with E-state index in [0.29, 0.717) is 11.8 Å². The Morgan fingerprint density at radius 1 is 1.29 bits per heavy atom. The lowest BCUT2D eigenvalue weighted by molar-refractivity contribution is 0.445. The van der Waals surface area contributed by atoms with Crippen molar-refractivity contribution in [1.29, 1.82) is 0 Å². The van der Waals surface area contributed by atoms with Crippen LogP contribution in [0.2, 0.25) is 0 Å². The molecule has 2 atom stereocenters. The van der Waals surface area contributed by atoms with Crippen molar-refractivity contribution in [2.75, 3.05) is 13.1 Å². The maximum Gasteiger partial charge on any atom is 0.123 e. The predicted molar refractivity (Wildman–Crippen MR) is 71.9 cm³/mol. The summed E-state index contributed by atoms with van der Waals surface area (Å²) in [7, 11) is 0. The molecule has 0 bridgehead atoms. The number of benzene rings is 1. The Morgan fingerprint density at radius 2 is 2.00 bits per heavy atom. The summed E-state index contributed by atoms with van der Waals surface area (Å²) in [5, 5.41) is 3.43. The Bertz CT molecular complexity index is 349. The molecule has 0 amide bonds. The highest BCUT2D eigenvalue weighted by Gasteiger charge is 2.16. The molecular weight excluding hydrogens is 213 g/mol. The van der Waals surface area contributed by atoms with E-state index in [9.17, 15) is 4.39 Å². The number of hydrogen-bond acceptors (Lipinski definition) is 1. The Hall–Kier alpha value is -0.890. The Morgan fingerprint density at radius 3 is 2.65 bits per heavy atom. The van der Waals surface area contributed by atoms with Crippen LogP contribution in [0.1, 0.15) is 44.2 Å². The van der Waals surface area contributed by atoms with Gasteiger partial charge in [-0.2, -0.15) is 0 Å². The first-order valence-electron chi connectivity index (χ1n) is 6.53. The Kier molecular flexibility index (Phi) is 5.63. The van der Waals surface area contributed by atoms with Gasteiger partial charge in [-0.25, -0.2) is 4.39 Å². The molecule has 2 unspecified atom stereocenters. The monoisotopic (exact) mass is 237 g/mol. The van der Waals surface area contributed by atoms with Gasteiger partial charge in [-0.1, -0.05) is 26.8 Å². The van der Waals surface area contributed by atoms with Crippen LogP contribution in [0.25, 0.3) is 0 Å². The van der Waals surface area contributed by atoms with Crippen LogP contribution in [0.15, 0.2) is 18.2 Å². The van der Waals surface area contributed by atoms with Crippen LogP contribution in [0.5, 0.6) is 0 Å². The van der Waals surface area contributed by atoms with Gasteiger partial charge in [-0.05, 0) is 61.5 Å². The molecule has 0 fully saturated rings. The zero-order chi connectivity index (χ0) is 12.8. The molecule has 0 saturated carbocycles. The first-order chi connectivity index (χ1) is 8.06. The zero-order valence-electron chi connectivity index (χ0n) is 11.4. The van der Waals surface area contributed by atoms with E-state index >= 15 is 0 Å². The fraction of sp³-hybridized carbons (Fsp3) is 0.600. The fourth-order valence-electron chi connectivity index (χ4n) is 2.09. The summed E-state index contributed by atoms with van der Waals surface area (Å²) in [6.45, 7) is 10.7. The maximum atomic E-state index is 13.3. The second-order valence-corrected chi connectivity index (χ2v) is 4.97. The van der Waals surface area contributed by atoms with Gasteiger partial charge in [0.25, 0.3) is 0 Å². The summed E-state index contributed by atoms with van der Waals surface area (Å²) in [5.41, 5.74) is 2.32. The van der Waals surface area contributed by atoms with E-state index < -0.39 is 0 Å². The van der Waals surface area contributed by atoms with Gasteiger partial charge >= 0.3 is 0 Å². The van der Waals surface area contributed by atoms with E-state index in [4.69, 9.17) is 0 Å². The quantitative estimate of drug-likeness (QED) is 0.740. The van der Waals surface area contributed by atoms with Gasteiger partial charge in [-0.3, -0.25) is 0 Å². The average molecular weight is 237 g/mol. The highest BCUT2D eigenvalue weighted by atomic mass is 19.1. The predicted octanol–water partition coefficient (Wildman–Crippen LogP) is 3.87. The third-order valence-electron chi connectivity index (χ3n) is 3.48. The van der Waals surface area contributed by atoms with Crippen molar-refractivity contribution in [3.05, 3.63) is 35.1 Å². The van der Waals surface area contributed by atoms with E-state index in [1.807, 2.05) is 6.07 Å². The first kappa shape index (κ1) is 14.2. The van der Waals surface area contributed by atoms with Crippen LogP contribution in [-0.2, 0) is 0 Å². The van der Waals surface area contributed by atoms with Gasteiger partial charge in [0.15, 0.2) is 0 Å². The summed E-state index contributed by atoms with van der Waals surface area (Å²) in [5.74, 6) is 0.767. The third-order valence-corrected chi connectivity index (χ3v) is 3.48. The van der Waals surface area contributed by atoms with Crippen LogP contribution in [0.3, 0.4) is 0 Å². The molecule has 0 aliphatic rings. The summed E-state index contributed by atoms with van der Waals surface area (Å²) in [6, 6.07) is 5.08. The molecule has 96 valence electrons. The van der Waals surface area contributed by atoms with Crippen molar-refractivity contribution in [2.24, 2.45) is 5.92 Å². The van der Waals surface area contributed by atoms with Gasteiger partial charge in [0.2, 0.25) is 0 Å². The normalized spacial score (nSPS) is 14.6. The topological polar surface area (TPSA) is 12.0 Å². The molecular formula is C15H24FN. The van der Waals surface area contributed by atoms with Gasteiger partial charge < -0.3 is 5.32 Å². The third kappa shape index (κ3) is 4.12. The van der Waals surface area contributed by atoms with Crippen molar-refractivity contribution in [3.8, 4) is 0 Å². The van der Waals surface area contributed by atoms with E-state index in [1.54, 1.807) is 6.07 Å². The molecule has 0 aliphatic heterocycles. The molecule has 0 saturated heterocycles. The van der Waals surface area contributed by atoms with Crippen molar-refractivity contribution < 1.29 is 4.39 Å². The largest absolute Gasteiger partial charge is 0.316 e. The van der Waals surface area contributed by atoms with Crippen LogP contribution in [0, 0.1) is 18.7 Å². The molecule has 1 N–H and O–H groups in total. The molecule has 1 aromatic rings. The van der Waals surface area contributed by atoms with E-state index in [1.165, 1.54) is 11.6 Å². The first-order valence-corrected chi connectivity index (χ1v) is 6.53. The molecule has 0 radical (unpaired) electrons. The van der Waals surface area contributed by atoms with Crippen LogP contribution in [0.4, 0.5) is 4.39 Å². The van der Waals surface area contributed by atoms with Crippen LogP contribution < -0.4 is 5.32 Å². The number of rotatable bonds is 6. The van der Waals surface area contributed by atoms with E-state index in [-0.39, 0.29) is 5.82 Å². The molecule has 0 spiro atoms. The summed E-state index contributed by atoms with van der Waals surface area (Å²) in [4.78, 5) is 0. The molecule has 0 aromatic heterocycles. The SMILES string of the molecule is CCCNCC(C)C(C)c1cc(F)ccc1C. The number of aryl methyl sites for hydroxylation is 1. The van der Waals surface area contributed by atoms with Crippen LogP contribution >= 0.6 is 0 Å². The summed E-state index contributed by atoms with van der Waals surface area (Å²) in [6.07, 6.45) is 1.15. The highest BCUT2D eigenvalue weighted by Crippen LogP contribution is 2.27. The van der Waals surface area contributed by atoms with Gasteiger partial charge in [-0.15, -0.1) is 0 Å². The van der Waals surface area contributed by atoms with Gasteiger partial charge in [0.05, 0.1) is 0 Å². The average Bonchev–Trinajstić information content (AvgIpc) is 2.31. The van der Waals surface area contributed by atoms with Crippen molar-refractivity contribution in [2.45, 2.75) is 40.0 Å². The Balaban J connectivity index is 2.67. The highest BCUT2D eigenvalue weighted by molar-refractivity contribution is 5.30. The van der Waals surface area contributed by atoms with E-state index in [2.05, 4.69) is 33.0 Å². The lowest BCUT2D eigenvalue weighted by atomic mass is 9.86. The lowest BCUT2D eigenvalue weighted by Crippen LogP contribution is -2.25. The molecule has 1 aromatic carbocycles. The maximum absolute atomic E-state index is 13.3. The molecule has 0 aliphatic carbocycles. The second-order valence-electron chi connectivity index (χ2n) is 4.97. The standard InChI is InChI=1S/C15H24FN/c1-5-8-17-10-12(3)13(4)15-9-14(16)7-6-11(15)2/h6-7,9,12-13,17H,5,8,10H2,1-4H3. The van der Waals surface area contributed by atoms with Gasteiger partial charge in [0.1, 0.15) is 5.82 Å². The molecule has 1 rings (SSSR count).